The van der Waals surface area contributed by atoms with E-state index in [0.29, 0.717) is 10.7 Å². The Hall–Kier alpha value is -1.68. The second kappa shape index (κ2) is 4.06. The molecule has 0 aliphatic carbocycles. The van der Waals surface area contributed by atoms with Gasteiger partial charge in [0.25, 0.3) is 0 Å². The summed E-state index contributed by atoms with van der Waals surface area (Å²) in [5.41, 5.74) is 1.66. The number of nitrogens with zero attached hydrogens (tertiary/aromatic N) is 2. The molecule has 0 radical (unpaired) electrons. The van der Waals surface area contributed by atoms with Crippen molar-refractivity contribution in [3.63, 3.8) is 0 Å². The Kier molecular flexibility index (Phi) is 2.75. The highest BCUT2D eigenvalue weighted by Gasteiger charge is 2.09. The number of rotatable bonds is 2. The first-order valence-electron chi connectivity index (χ1n) is 4.71. The number of halogens is 1. The molecule has 1 N–H and O–H groups in total. The molecular formula is C11H9ClN2O2. The van der Waals surface area contributed by atoms with E-state index < -0.39 is 5.97 Å². The summed E-state index contributed by atoms with van der Waals surface area (Å²) < 4.78 is 0. The highest BCUT2D eigenvalue weighted by molar-refractivity contribution is 6.34. The maximum absolute atomic E-state index is 10.6. The van der Waals surface area contributed by atoms with E-state index in [9.17, 15) is 4.79 Å². The smallest absolute Gasteiger partial charge is 0.311 e. The maximum Gasteiger partial charge on any atom is 0.311 e. The molecule has 0 amide bonds. The predicted molar refractivity (Wildman–Crippen MR) is 60.6 cm³/mol. The van der Waals surface area contributed by atoms with Gasteiger partial charge in [-0.25, -0.2) is 9.97 Å². The summed E-state index contributed by atoms with van der Waals surface area (Å²) in [5.74, 6) is -0.733. The quantitative estimate of drug-likeness (QED) is 0.812. The van der Waals surface area contributed by atoms with E-state index in [1.54, 1.807) is 0 Å². The third-order valence-electron chi connectivity index (χ3n) is 2.24. The first kappa shape index (κ1) is 10.8. The van der Waals surface area contributed by atoms with Crippen molar-refractivity contribution in [1.29, 1.82) is 0 Å². The molecule has 2 aromatic rings. The SMILES string of the molecule is Cc1cccc2c(Cl)nc(CC(=O)O)nc12. The molecule has 2 rings (SSSR count). The molecule has 82 valence electrons. The van der Waals surface area contributed by atoms with Gasteiger partial charge in [0.15, 0.2) is 0 Å². The van der Waals surface area contributed by atoms with E-state index in [4.69, 9.17) is 16.7 Å². The van der Waals surface area contributed by atoms with E-state index >= 15 is 0 Å². The van der Waals surface area contributed by atoms with Crippen LogP contribution in [0.15, 0.2) is 18.2 Å². The van der Waals surface area contributed by atoms with Gasteiger partial charge in [-0.2, -0.15) is 0 Å². The number of hydrogen-bond donors (Lipinski definition) is 1. The second-order valence-corrected chi connectivity index (χ2v) is 3.83. The fourth-order valence-electron chi connectivity index (χ4n) is 1.52. The van der Waals surface area contributed by atoms with Crippen LogP contribution >= 0.6 is 11.6 Å². The molecule has 0 saturated carbocycles. The zero-order valence-corrected chi connectivity index (χ0v) is 9.32. The van der Waals surface area contributed by atoms with Crippen LogP contribution < -0.4 is 0 Å². The van der Waals surface area contributed by atoms with Crippen LogP contribution in [0.4, 0.5) is 0 Å². The van der Waals surface area contributed by atoms with Crippen LogP contribution in [0.2, 0.25) is 5.15 Å². The van der Waals surface area contributed by atoms with Gasteiger partial charge in [0.05, 0.1) is 5.52 Å². The molecule has 0 saturated heterocycles. The van der Waals surface area contributed by atoms with Crippen molar-refractivity contribution in [2.75, 3.05) is 0 Å². The molecule has 0 aliphatic heterocycles. The number of benzene rings is 1. The van der Waals surface area contributed by atoms with Crippen LogP contribution in [-0.2, 0) is 11.2 Å². The van der Waals surface area contributed by atoms with Crippen molar-refractivity contribution in [3.05, 3.63) is 34.7 Å². The molecule has 1 aromatic heterocycles. The predicted octanol–water partition coefficient (Wildman–Crippen LogP) is 2.22. The topological polar surface area (TPSA) is 63.1 Å². The van der Waals surface area contributed by atoms with Crippen LogP contribution in [0.3, 0.4) is 0 Å². The zero-order valence-electron chi connectivity index (χ0n) is 8.57. The number of aromatic nitrogens is 2. The lowest BCUT2D eigenvalue weighted by molar-refractivity contribution is -0.136. The number of aliphatic carboxylic acids is 1. The van der Waals surface area contributed by atoms with E-state index in [1.807, 2.05) is 25.1 Å². The summed E-state index contributed by atoms with van der Waals surface area (Å²) in [6, 6.07) is 5.58. The molecule has 1 aromatic carbocycles. The summed E-state index contributed by atoms with van der Waals surface area (Å²) in [6.45, 7) is 1.90. The standard InChI is InChI=1S/C11H9ClN2O2/c1-6-3-2-4-7-10(6)13-8(5-9(15)16)14-11(7)12/h2-4H,5H2,1H3,(H,15,16). The van der Waals surface area contributed by atoms with Gasteiger partial charge in [-0.05, 0) is 18.6 Å². The monoisotopic (exact) mass is 236 g/mol. The Labute approximate surface area is 96.9 Å². The van der Waals surface area contributed by atoms with E-state index in [1.165, 1.54) is 0 Å². The summed E-state index contributed by atoms with van der Waals surface area (Å²) in [6.07, 6.45) is -0.218. The normalized spacial score (nSPS) is 10.6. The molecule has 0 spiro atoms. The molecule has 4 nitrogen and oxygen atoms in total. The van der Waals surface area contributed by atoms with Gasteiger partial charge in [0.1, 0.15) is 17.4 Å². The average Bonchev–Trinajstić information content (AvgIpc) is 2.19. The number of carbonyl (C=O) groups is 1. The number of hydrogen-bond acceptors (Lipinski definition) is 3. The molecule has 0 fully saturated rings. The minimum Gasteiger partial charge on any atom is -0.481 e. The van der Waals surface area contributed by atoms with Gasteiger partial charge in [0, 0.05) is 5.39 Å². The van der Waals surface area contributed by atoms with Gasteiger partial charge in [-0.15, -0.1) is 0 Å². The molecule has 0 atom stereocenters. The molecule has 0 aliphatic rings. The highest BCUT2D eigenvalue weighted by atomic mass is 35.5. The van der Waals surface area contributed by atoms with E-state index in [0.717, 1.165) is 10.9 Å². The molecule has 0 bridgehead atoms. The lowest BCUT2D eigenvalue weighted by Gasteiger charge is -2.04. The molecule has 16 heavy (non-hydrogen) atoms. The van der Waals surface area contributed by atoms with Gasteiger partial charge in [-0.1, -0.05) is 23.7 Å². The molecule has 1 heterocycles. The summed E-state index contributed by atoms with van der Waals surface area (Å²) in [7, 11) is 0. The Balaban J connectivity index is 2.65. The minimum absolute atomic E-state index is 0.218. The van der Waals surface area contributed by atoms with Crippen LogP contribution in [0.5, 0.6) is 0 Å². The molecule has 0 unspecified atom stereocenters. The Morgan fingerprint density at radius 2 is 2.19 bits per heavy atom. The lowest BCUT2D eigenvalue weighted by Crippen LogP contribution is -2.05. The van der Waals surface area contributed by atoms with Crippen LogP contribution in [0.25, 0.3) is 10.9 Å². The fraction of sp³-hybridized carbons (Fsp3) is 0.182. The third kappa shape index (κ3) is 1.97. The average molecular weight is 237 g/mol. The largest absolute Gasteiger partial charge is 0.481 e. The van der Waals surface area contributed by atoms with Crippen molar-refractivity contribution < 1.29 is 9.90 Å². The van der Waals surface area contributed by atoms with E-state index in [-0.39, 0.29) is 12.2 Å². The summed E-state index contributed by atoms with van der Waals surface area (Å²) in [5, 5.41) is 9.72. The Morgan fingerprint density at radius 1 is 1.44 bits per heavy atom. The van der Waals surface area contributed by atoms with Gasteiger partial charge >= 0.3 is 5.97 Å². The van der Waals surface area contributed by atoms with Crippen molar-refractivity contribution in [3.8, 4) is 0 Å². The molecular weight excluding hydrogens is 228 g/mol. The van der Waals surface area contributed by atoms with Gasteiger partial charge < -0.3 is 5.11 Å². The number of para-hydroxylation sites is 1. The van der Waals surface area contributed by atoms with Gasteiger partial charge in [-0.3, -0.25) is 4.79 Å². The second-order valence-electron chi connectivity index (χ2n) is 3.47. The minimum atomic E-state index is -0.969. The summed E-state index contributed by atoms with van der Waals surface area (Å²) in [4.78, 5) is 18.7. The van der Waals surface area contributed by atoms with E-state index in [2.05, 4.69) is 9.97 Å². The number of carboxylic acids is 1. The number of carboxylic acid groups (broad SMARTS) is 1. The fourth-order valence-corrected chi connectivity index (χ4v) is 1.77. The maximum atomic E-state index is 10.6. The van der Waals surface area contributed by atoms with Crippen LogP contribution in [-0.4, -0.2) is 21.0 Å². The van der Waals surface area contributed by atoms with Crippen molar-refractivity contribution >= 4 is 28.5 Å². The van der Waals surface area contributed by atoms with Crippen LogP contribution in [0, 0.1) is 6.92 Å². The van der Waals surface area contributed by atoms with Crippen molar-refractivity contribution in [1.82, 2.24) is 9.97 Å². The first-order chi connectivity index (χ1) is 7.58. The summed E-state index contributed by atoms with van der Waals surface area (Å²) >= 11 is 5.97. The number of aryl methyl sites for hydroxylation is 1. The number of fused-ring (bicyclic) bond motifs is 1. The highest BCUT2D eigenvalue weighted by Crippen LogP contribution is 2.22. The lowest BCUT2D eigenvalue weighted by atomic mass is 10.1. The van der Waals surface area contributed by atoms with Crippen LogP contribution in [0.1, 0.15) is 11.4 Å². The third-order valence-corrected chi connectivity index (χ3v) is 2.53. The van der Waals surface area contributed by atoms with Crippen molar-refractivity contribution in [2.45, 2.75) is 13.3 Å². The van der Waals surface area contributed by atoms with Crippen molar-refractivity contribution in [2.24, 2.45) is 0 Å². The first-order valence-corrected chi connectivity index (χ1v) is 5.09. The Bertz CT molecular complexity index is 569. The molecule has 5 heteroatoms. The van der Waals surface area contributed by atoms with Gasteiger partial charge in [0.2, 0.25) is 0 Å². The zero-order chi connectivity index (χ0) is 11.7. The Morgan fingerprint density at radius 3 is 2.88 bits per heavy atom.